The lowest BCUT2D eigenvalue weighted by molar-refractivity contribution is -0.167. The van der Waals surface area contributed by atoms with Crippen LogP contribution in [-0.4, -0.2) is 37.2 Å². The molecule has 0 amide bonds. The van der Waals surface area contributed by atoms with E-state index in [1.807, 2.05) is 0 Å². The first-order chi connectivity index (χ1) is 33.0. The monoisotopic (exact) mass is 927 g/mol. The lowest BCUT2D eigenvalue weighted by Gasteiger charge is -2.18. The molecule has 1 atom stereocenters. The third kappa shape index (κ3) is 52.6. The van der Waals surface area contributed by atoms with E-state index in [-0.39, 0.29) is 44.0 Å². The Kier molecular flexibility index (Phi) is 51.0. The Bertz CT molecular complexity index is 1440. The SMILES string of the molecule is CC/C=C\C/C=C\C/C=C\C/C=C\C/C=C\CCCC(=O)OCC(COC(=O)CCCCCCC/C=C\CCCCCCCCC)OC(=O)CCCCC/C=C\C/C=C\C/C=C\C/C=C\CC. The van der Waals surface area contributed by atoms with Crippen LogP contribution in [0.5, 0.6) is 0 Å². The second-order valence-electron chi connectivity index (χ2n) is 17.4. The van der Waals surface area contributed by atoms with Crippen molar-refractivity contribution < 1.29 is 28.6 Å². The lowest BCUT2D eigenvalue weighted by Crippen LogP contribution is -2.30. The van der Waals surface area contributed by atoms with E-state index in [9.17, 15) is 14.4 Å². The average Bonchev–Trinajstić information content (AvgIpc) is 3.33. The Morgan fingerprint density at radius 3 is 1.00 bits per heavy atom. The fraction of sp³-hybridized carbons (Fsp3) is 0.623. The Hall–Kier alpha value is -4.19. The van der Waals surface area contributed by atoms with Gasteiger partial charge in [0.2, 0.25) is 0 Å². The van der Waals surface area contributed by atoms with E-state index in [4.69, 9.17) is 14.2 Å². The molecular formula is C61H98O6. The topological polar surface area (TPSA) is 78.9 Å². The van der Waals surface area contributed by atoms with Crippen LogP contribution in [0.15, 0.2) is 122 Å². The first kappa shape index (κ1) is 62.8. The van der Waals surface area contributed by atoms with Crippen molar-refractivity contribution in [1.82, 2.24) is 0 Å². The maximum Gasteiger partial charge on any atom is 0.306 e. The van der Waals surface area contributed by atoms with Gasteiger partial charge in [0.05, 0.1) is 0 Å². The van der Waals surface area contributed by atoms with Gasteiger partial charge in [-0.1, -0.05) is 206 Å². The molecule has 0 aliphatic heterocycles. The summed E-state index contributed by atoms with van der Waals surface area (Å²) in [5.41, 5.74) is 0. The summed E-state index contributed by atoms with van der Waals surface area (Å²) < 4.78 is 16.7. The van der Waals surface area contributed by atoms with Gasteiger partial charge in [-0.15, -0.1) is 0 Å². The standard InChI is InChI=1S/C61H98O6/c1-4-7-10-13-16-19-22-25-28-31-34-36-39-42-45-48-51-54-60(63)66-57-58(67-61(64)55-52-49-46-43-40-37-33-30-27-24-21-18-15-12-9-6-3)56-65-59(62)53-50-47-44-41-38-35-32-29-26-23-20-17-14-11-8-5-2/h7,9-10,12,16,18-19,21,25,27-30,32,34,36-37,40,42,45,58H,4-6,8,11,13-15,17,20,22-24,26,31,33,35,38-39,41,43-44,46-57H2,1-3H3/b10-7-,12-9-,19-16-,21-18-,28-25-,30-27-,32-29-,36-34-,40-37-,45-42-. The molecular weight excluding hydrogens is 829 g/mol. The van der Waals surface area contributed by atoms with E-state index in [1.165, 1.54) is 57.8 Å². The zero-order valence-electron chi connectivity index (χ0n) is 43.1. The quantitative estimate of drug-likeness (QED) is 0.0262. The predicted molar refractivity (Wildman–Crippen MR) is 288 cm³/mol. The maximum atomic E-state index is 12.8. The van der Waals surface area contributed by atoms with Crippen LogP contribution in [0.4, 0.5) is 0 Å². The molecule has 6 heteroatoms. The molecule has 0 saturated carbocycles. The second-order valence-corrected chi connectivity index (χ2v) is 17.4. The second kappa shape index (κ2) is 54.4. The van der Waals surface area contributed by atoms with Crippen LogP contribution in [0.25, 0.3) is 0 Å². The predicted octanol–water partition coefficient (Wildman–Crippen LogP) is 18.1. The van der Waals surface area contributed by atoms with Crippen molar-refractivity contribution in [3.63, 3.8) is 0 Å². The van der Waals surface area contributed by atoms with E-state index in [0.717, 1.165) is 116 Å². The van der Waals surface area contributed by atoms with Crippen LogP contribution in [0.1, 0.15) is 226 Å². The van der Waals surface area contributed by atoms with E-state index in [2.05, 4.69) is 142 Å². The number of allylic oxidation sites excluding steroid dienone is 20. The summed E-state index contributed by atoms with van der Waals surface area (Å²) in [6.45, 7) is 6.31. The number of unbranched alkanes of at least 4 members (excludes halogenated alkanes) is 16. The molecule has 0 aliphatic carbocycles. The Morgan fingerprint density at radius 2 is 0.597 bits per heavy atom. The van der Waals surface area contributed by atoms with Gasteiger partial charge in [-0.05, 0) is 122 Å². The molecule has 0 fully saturated rings. The highest BCUT2D eigenvalue weighted by molar-refractivity contribution is 5.71. The number of esters is 3. The zero-order valence-corrected chi connectivity index (χ0v) is 43.1. The summed E-state index contributed by atoms with van der Waals surface area (Å²) in [5, 5.41) is 0. The van der Waals surface area contributed by atoms with E-state index < -0.39 is 6.10 Å². The van der Waals surface area contributed by atoms with Crippen LogP contribution in [0.2, 0.25) is 0 Å². The summed E-state index contributed by atoms with van der Waals surface area (Å²) in [6.07, 6.45) is 74.7. The fourth-order valence-corrected chi connectivity index (χ4v) is 6.93. The first-order valence-electron chi connectivity index (χ1n) is 27.0. The van der Waals surface area contributed by atoms with Crippen LogP contribution in [-0.2, 0) is 28.6 Å². The van der Waals surface area contributed by atoms with Crippen LogP contribution < -0.4 is 0 Å². The van der Waals surface area contributed by atoms with Gasteiger partial charge in [0.15, 0.2) is 6.10 Å². The van der Waals surface area contributed by atoms with Gasteiger partial charge < -0.3 is 14.2 Å². The number of hydrogen-bond acceptors (Lipinski definition) is 6. The molecule has 0 aromatic heterocycles. The molecule has 6 nitrogen and oxygen atoms in total. The number of carbonyl (C=O) groups is 3. The van der Waals surface area contributed by atoms with Gasteiger partial charge >= 0.3 is 17.9 Å². The molecule has 0 rings (SSSR count). The molecule has 67 heavy (non-hydrogen) atoms. The smallest absolute Gasteiger partial charge is 0.306 e. The van der Waals surface area contributed by atoms with Gasteiger partial charge in [0, 0.05) is 19.3 Å². The third-order valence-electron chi connectivity index (χ3n) is 10.9. The minimum absolute atomic E-state index is 0.116. The average molecular weight is 927 g/mol. The van der Waals surface area contributed by atoms with Gasteiger partial charge in [0.1, 0.15) is 13.2 Å². The van der Waals surface area contributed by atoms with Crippen LogP contribution >= 0.6 is 0 Å². The van der Waals surface area contributed by atoms with E-state index >= 15 is 0 Å². The largest absolute Gasteiger partial charge is 0.462 e. The van der Waals surface area contributed by atoms with Gasteiger partial charge in [0.25, 0.3) is 0 Å². The number of ether oxygens (including phenoxy) is 3. The van der Waals surface area contributed by atoms with Crippen LogP contribution in [0, 0.1) is 0 Å². The minimum Gasteiger partial charge on any atom is -0.462 e. The highest BCUT2D eigenvalue weighted by atomic mass is 16.6. The summed E-state index contributed by atoms with van der Waals surface area (Å²) in [7, 11) is 0. The molecule has 0 saturated heterocycles. The molecule has 0 spiro atoms. The van der Waals surface area contributed by atoms with Gasteiger partial charge in [-0.3, -0.25) is 14.4 Å². The van der Waals surface area contributed by atoms with Crippen molar-refractivity contribution in [2.45, 2.75) is 232 Å². The molecule has 0 N–H and O–H groups in total. The molecule has 0 aliphatic rings. The van der Waals surface area contributed by atoms with Crippen molar-refractivity contribution in [2.75, 3.05) is 13.2 Å². The Labute approximate surface area is 412 Å². The fourth-order valence-electron chi connectivity index (χ4n) is 6.93. The van der Waals surface area contributed by atoms with Crippen LogP contribution in [0.3, 0.4) is 0 Å². The molecule has 0 aromatic carbocycles. The first-order valence-corrected chi connectivity index (χ1v) is 27.0. The highest BCUT2D eigenvalue weighted by Gasteiger charge is 2.19. The molecule has 1 unspecified atom stereocenters. The maximum absolute atomic E-state index is 12.8. The van der Waals surface area contributed by atoms with Crippen molar-refractivity contribution in [2.24, 2.45) is 0 Å². The van der Waals surface area contributed by atoms with E-state index in [0.29, 0.717) is 19.3 Å². The Morgan fingerprint density at radius 1 is 0.313 bits per heavy atom. The van der Waals surface area contributed by atoms with Gasteiger partial charge in [-0.25, -0.2) is 0 Å². The van der Waals surface area contributed by atoms with Crippen molar-refractivity contribution in [3.8, 4) is 0 Å². The summed E-state index contributed by atoms with van der Waals surface area (Å²) in [4.78, 5) is 38.1. The number of rotatable bonds is 47. The van der Waals surface area contributed by atoms with Crippen molar-refractivity contribution in [1.29, 1.82) is 0 Å². The van der Waals surface area contributed by atoms with E-state index in [1.54, 1.807) is 0 Å². The summed E-state index contributed by atoms with van der Waals surface area (Å²) in [5.74, 6) is -1.02. The molecule has 0 bridgehead atoms. The highest BCUT2D eigenvalue weighted by Crippen LogP contribution is 2.13. The normalized spacial score (nSPS) is 13.1. The molecule has 0 heterocycles. The number of hydrogen-bond donors (Lipinski definition) is 0. The Balaban J connectivity index is 4.56. The molecule has 378 valence electrons. The van der Waals surface area contributed by atoms with Gasteiger partial charge in [-0.2, -0.15) is 0 Å². The lowest BCUT2D eigenvalue weighted by atomic mass is 10.1. The molecule has 0 aromatic rings. The number of carbonyl (C=O) groups excluding carboxylic acids is 3. The van der Waals surface area contributed by atoms with Crippen molar-refractivity contribution >= 4 is 17.9 Å². The summed E-state index contributed by atoms with van der Waals surface area (Å²) >= 11 is 0. The third-order valence-corrected chi connectivity index (χ3v) is 10.9. The summed E-state index contributed by atoms with van der Waals surface area (Å²) in [6, 6.07) is 0. The zero-order chi connectivity index (χ0) is 48.6. The molecule has 0 radical (unpaired) electrons. The minimum atomic E-state index is -0.824. The van der Waals surface area contributed by atoms with Crippen molar-refractivity contribution in [3.05, 3.63) is 122 Å².